The van der Waals surface area contributed by atoms with Gasteiger partial charge in [-0.2, -0.15) is 0 Å². The molecule has 1 saturated heterocycles. The summed E-state index contributed by atoms with van der Waals surface area (Å²) >= 11 is 0. The van der Waals surface area contributed by atoms with Crippen molar-refractivity contribution in [1.29, 1.82) is 0 Å². The monoisotopic (exact) mass is 337 g/mol. The van der Waals surface area contributed by atoms with E-state index < -0.39 is 9.84 Å². The first-order valence-corrected chi connectivity index (χ1v) is 10.0. The fourth-order valence-electron chi connectivity index (χ4n) is 2.93. The molecule has 1 N–H and O–H groups in total. The van der Waals surface area contributed by atoms with E-state index in [1.165, 1.54) is 6.42 Å². The molecule has 1 unspecified atom stereocenters. The number of hydrogen-bond acceptors (Lipinski definition) is 3. The largest absolute Gasteiger partial charge is 0.355 e. The highest BCUT2D eigenvalue weighted by molar-refractivity contribution is 7.90. The fourth-order valence-corrected chi connectivity index (χ4v) is 4.19. The lowest BCUT2D eigenvalue weighted by molar-refractivity contribution is 0.266. The second-order valence-electron chi connectivity index (χ2n) is 6.25. The number of rotatable bonds is 5. The Labute approximate surface area is 139 Å². The van der Waals surface area contributed by atoms with Gasteiger partial charge in [0.25, 0.3) is 0 Å². The number of likely N-dealkylation sites (tertiary alicyclic amines) is 1. The van der Waals surface area contributed by atoms with Crippen molar-refractivity contribution >= 4 is 15.8 Å². The minimum absolute atomic E-state index is 0.0921. The SMILES string of the molecule is CN=C(NCCS(=O)(=O)Cc1ccccc1)N1CCCC(C)C1. The Morgan fingerprint density at radius 1 is 1.35 bits per heavy atom. The van der Waals surface area contributed by atoms with Crippen molar-refractivity contribution in [2.75, 3.05) is 32.4 Å². The Balaban J connectivity index is 1.82. The molecule has 1 aliphatic rings. The van der Waals surface area contributed by atoms with Crippen LogP contribution in [0.2, 0.25) is 0 Å². The van der Waals surface area contributed by atoms with E-state index in [-0.39, 0.29) is 11.5 Å². The topological polar surface area (TPSA) is 61.8 Å². The third-order valence-electron chi connectivity index (χ3n) is 4.09. The molecular weight excluding hydrogens is 310 g/mol. The summed E-state index contributed by atoms with van der Waals surface area (Å²) in [5, 5.41) is 3.20. The summed E-state index contributed by atoms with van der Waals surface area (Å²) in [5.74, 6) is 1.68. The highest BCUT2D eigenvalue weighted by Gasteiger charge is 2.19. The maximum absolute atomic E-state index is 12.2. The molecule has 0 spiro atoms. The Bertz CT molecular complexity index is 614. The minimum atomic E-state index is -3.12. The second kappa shape index (κ2) is 8.34. The molecule has 128 valence electrons. The van der Waals surface area contributed by atoms with Gasteiger partial charge in [-0.1, -0.05) is 37.3 Å². The molecule has 0 bridgehead atoms. The molecule has 5 nitrogen and oxygen atoms in total. The normalized spacial score (nSPS) is 19.7. The van der Waals surface area contributed by atoms with Crippen molar-refractivity contribution in [3.63, 3.8) is 0 Å². The van der Waals surface area contributed by atoms with Gasteiger partial charge in [0.1, 0.15) is 0 Å². The Kier molecular flexibility index (Phi) is 6.45. The van der Waals surface area contributed by atoms with E-state index in [4.69, 9.17) is 0 Å². The summed E-state index contributed by atoms with van der Waals surface area (Å²) in [5.41, 5.74) is 0.835. The van der Waals surface area contributed by atoms with Crippen molar-refractivity contribution in [3.8, 4) is 0 Å². The highest BCUT2D eigenvalue weighted by atomic mass is 32.2. The van der Waals surface area contributed by atoms with Gasteiger partial charge in [0.2, 0.25) is 0 Å². The molecular formula is C17H27N3O2S. The zero-order chi connectivity index (χ0) is 16.7. The maximum atomic E-state index is 12.2. The van der Waals surface area contributed by atoms with Crippen molar-refractivity contribution in [2.45, 2.75) is 25.5 Å². The van der Waals surface area contributed by atoms with Crippen molar-refractivity contribution in [1.82, 2.24) is 10.2 Å². The van der Waals surface area contributed by atoms with Crippen LogP contribution < -0.4 is 5.32 Å². The number of guanidine groups is 1. The Morgan fingerprint density at radius 2 is 2.09 bits per heavy atom. The van der Waals surface area contributed by atoms with Gasteiger partial charge in [0.15, 0.2) is 15.8 Å². The van der Waals surface area contributed by atoms with Crippen molar-refractivity contribution in [3.05, 3.63) is 35.9 Å². The molecule has 6 heteroatoms. The van der Waals surface area contributed by atoms with Crippen LogP contribution in [0.15, 0.2) is 35.3 Å². The highest BCUT2D eigenvalue weighted by Crippen LogP contribution is 2.15. The average molecular weight is 337 g/mol. The van der Waals surface area contributed by atoms with E-state index >= 15 is 0 Å². The first-order valence-electron chi connectivity index (χ1n) is 8.20. The number of benzene rings is 1. The second-order valence-corrected chi connectivity index (χ2v) is 8.43. The van der Waals surface area contributed by atoms with Gasteiger partial charge in [0.05, 0.1) is 11.5 Å². The van der Waals surface area contributed by atoms with Crippen molar-refractivity contribution in [2.24, 2.45) is 10.9 Å². The molecule has 1 aromatic carbocycles. The third kappa shape index (κ3) is 5.86. The predicted molar refractivity (Wildman–Crippen MR) is 95.3 cm³/mol. The summed E-state index contributed by atoms with van der Waals surface area (Å²) in [6.07, 6.45) is 2.41. The van der Waals surface area contributed by atoms with Crippen LogP contribution >= 0.6 is 0 Å². The summed E-state index contributed by atoms with van der Waals surface area (Å²) in [7, 11) is -1.37. The molecule has 1 atom stereocenters. The predicted octanol–water partition coefficient (Wildman–Crippen LogP) is 1.91. The molecule has 1 aliphatic heterocycles. The summed E-state index contributed by atoms with van der Waals surface area (Å²) < 4.78 is 24.4. The van der Waals surface area contributed by atoms with Gasteiger partial charge in [0, 0.05) is 26.7 Å². The average Bonchev–Trinajstić information content (AvgIpc) is 2.52. The number of nitrogens with zero attached hydrogens (tertiary/aromatic N) is 2. The number of sulfone groups is 1. The lowest BCUT2D eigenvalue weighted by atomic mass is 10.0. The van der Waals surface area contributed by atoms with Gasteiger partial charge in [-0.05, 0) is 24.3 Å². The molecule has 2 rings (SSSR count). The maximum Gasteiger partial charge on any atom is 0.193 e. The molecule has 0 amide bonds. The number of nitrogens with one attached hydrogen (secondary N) is 1. The standard InChI is InChI=1S/C17H27N3O2S/c1-15-7-6-11-20(13-15)17(18-2)19-10-12-23(21,22)14-16-8-4-3-5-9-16/h3-5,8-9,15H,6-7,10-14H2,1-2H3,(H,18,19). The smallest absolute Gasteiger partial charge is 0.193 e. The lowest BCUT2D eigenvalue weighted by Crippen LogP contribution is -2.47. The Morgan fingerprint density at radius 3 is 2.74 bits per heavy atom. The molecule has 0 aromatic heterocycles. The van der Waals surface area contributed by atoms with Gasteiger partial charge < -0.3 is 10.2 Å². The number of piperidine rings is 1. The van der Waals surface area contributed by atoms with Gasteiger partial charge in [-0.15, -0.1) is 0 Å². The molecule has 0 radical (unpaired) electrons. The van der Waals surface area contributed by atoms with Crippen LogP contribution in [-0.2, 0) is 15.6 Å². The van der Waals surface area contributed by atoms with Crippen LogP contribution in [0.1, 0.15) is 25.3 Å². The minimum Gasteiger partial charge on any atom is -0.355 e. The van der Waals surface area contributed by atoms with E-state index in [9.17, 15) is 8.42 Å². The fraction of sp³-hybridized carbons (Fsp3) is 0.588. The summed E-state index contributed by atoms with van der Waals surface area (Å²) in [6.45, 7) is 4.60. The van der Waals surface area contributed by atoms with Gasteiger partial charge in [-0.3, -0.25) is 4.99 Å². The third-order valence-corrected chi connectivity index (χ3v) is 5.69. The van der Waals surface area contributed by atoms with Crippen LogP contribution in [0.3, 0.4) is 0 Å². The first kappa shape index (κ1) is 17.8. The molecule has 1 fully saturated rings. The van der Waals surface area contributed by atoms with E-state index in [0.29, 0.717) is 12.5 Å². The number of aliphatic imine (C=N–C) groups is 1. The van der Waals surface area contributed by atoms with Crippen LogP contribution in [0.25, 0.3) is 0 Å². The van der Waals surface area contributed by atoms with Crippen LogP contribution in [0, 0.1) is 5.92 Å². The van der Waals surface area contributed by atoms with E-state index in [2.05, 4.69) is 22.1 Å². The first-order chi connectivity index (χ1) is 11.0. The molecule has 1 aromatic rings. The molecule has 23 heavy (non-hydrogen) atoms. The van der Waals surface area contributed by atoms with Crippen LogP contribution in [0.5, 0.6) is 0 Å². The van der Waals surface area contributed by atoms with Gasteiger partial charge in [-0.25, -0.2) is 8.42 Å². The quantitative estimate of drug-likeness (QED) is 0.658. The zero-order valence-electron chi connectivity index (χ0n) is 14.0. The molecule has 0 aliphatic carbocycles. The molecule has 0 saturated carbocycles. The Hall–Kier alpha value is -1.56. The lowest BCUT2D eigenvalue weighted by Gasteiger charge is -2.33. The number of hydrogen-bond donors (Lipinski definition) is 1. The van der Waals surface area contributed by atoms with Crippen molar-refractivity contribution < 1.29 is 8.42 Å². The van der Waals surface area contributed by atoms with Crippen LogP contribution in [-0.4, -0.2) is 51.7 Å². The molecule has 1 heterocycles. The zero-order valence-corrected chi connectivity index (χ0v) is 14.8. The van der Waals surface area contributed by atoms with Crippen LogP contribution in [0.4, 0.5) is 0 Å². The van der Waals surface area contributed by atoms with E-state index in [1.807, 2.05) is 30.3 Å². The summed E-state index contributed by atoms with van der Waals surface area (Å²) in [4.78, 5) is 6.51. The van der Waals surface area contributed by atoms with Gasteiger partial charge >= 0.3 is 0 Å². The van der Waals surface area contributed by atoms with E-state index in [1.54, 1.807) is 7.05 Å². The summed E-state index contributed by atoms with van der Waals surface area (Å²) in [6, 6.07) is 9.31. The van der Waals surface area contributed by atoms with E-state index in [0.717, 1.165) is 31.0 Å².